The molecule has 3 heteroatoms. The second-order valence-corrected chi connectivity index (χ2v) is 12.9. The van der Waals surface area contributed by atoms with Crippen molar-refractivity contribution in [2.24, 2.45) is 0 Å². The van der Waals surface area contributed by atoms with E-state index in [1.54, 1.807) is 0 Å². The molecule has 0 bridgehead atoms. The van der Waals surface area contributed by atoms with E-state index in [1.165, 1.54) is 69.4 Å². The molecule has 0 nitrogen and oxygen atoms in total. The van der Waals surface area contributed by atoms with Crippen LogP contribution in [-0.4, -0.2) is 6.71 Å². The summed E-state index contributed by atoms with van der Waals surface area (Å²) in [6.07, 6.45) is 0. The number of benzene rings is 6. The number of fused-ring (bicyclic) bond motifs is 8. The van der Waals surface area contributed by atoms with E-state index in [4.69, 9.17) is 0 Å². The summed E-state index contributed by atoms with van der Waals surface area (Å²) in [5.41, 5.74) is 12.1. The molecule has 40 heavy (non-hydrogen) atoms. The molecule has 0 aromatic heterocycles. The van der Waals surface area contributed by atoms with Gasteiger partial charge in [-0.2, -0.15) is 0 Å². The summed E-state index contributed by atoms with van der Waals surface area (Å²) in [4.78, 5) is 5.56. The first-order chi connectivity index (χ1) is 19.9. The normalized spacial score (nSPS) is 14.9. The third-order valence-electron chi connectivity index (χ3n) is 8.88. The van der Waals surface area contributed by atoms with Gasteiger partial charge in [-0.05, 0) is 51.5 Å². The molecule has 3 aliphatic rings. The Kier molecular flexibility index (Phi) is 4.88. The average Bonchev–Trinajstić information content (AvgIpc) is 3.32. The van der Waals surface area contributed by atoms with E-state index in [1.807, 2.05) is 23.5 Å². The van der Waals surface area contributed by atoms with Crippen LogP contribution in [0.25, 0.3) is 11.1 Å². The van der Waals surface area contributed by atoms with Crippen LogP contribution in [0.3, 0.4) is 0 Å². The lowest BCUT2D eigenvalue weighted by Crippen LogP contribution is -2.58. The SMILES string of the molecule is c1ccc(C2(c3ccccc3)c3ccccc3-c3c2cc2c4c3Sc3ccccc3B4c3ccccc3S2)cc1. The zero-order valence-corrected chi connectivity index (χ0v) is 23.3. The Morgan fingerprint density at radius 2 is 1.02 bits per heavy atom. The molecule has 2 aliphatic heterocycles. The predicted molar refractivity (Wildman–Crippen MR) is 170 cm³/mol. The molecule has 0 saturated heterocycles. The second-order valence-electron chi connectivity index (χ2n) is 10.8. The van der Waals surface area contributed by atoms with Crippen molar-refractivity contribution in [1.29, 1.82) is 0 Å². The van der Waals surface area contributed by atoms with Crippen LogP contribution in [0.4, 0.5) is 0 Å². The molecule has 0 amide bonds. The molecule has 6 aromatic rings. The first-order valence-corrected chi connectivity index (χ1v) is 15.4. The molecule has 2 heterocycles. The Bertz CT molecular complexity index is 1910. The van der Waals surface area contributed by atoms with E-state index in [0.29, 0.717) is 0 Å². The Morgan fingerprint density at radius 1 is 0.475 bits per heavy atom. The summed E-state index contributed by atoms with van der Waals surface area (Å²) >= 11 is 3.92. The van der Waals surface area contributed by atoms with E-state index in [2.05, 4.69) is 140 Å². The largest absolute Gasteiger partial charge is 0.247 e. The molecular formula is C37H23BS2. The van der Waals surface area contributed by atoms with Crippen molar-refractivity contribution >= 4 is 46.6 Å². The van der Waals surface area contributed by atoms with Crippen LogP contribution in [0.2, 0.25) is 0 Å². The lowest BCUT2D eigenvalue weighted by atomic mass is 9.36. The third kappa shape index (κ3) is 2.92. The van der Waals surface area contributed by atoms with Crippen molar-refractivity contribution in [1.82, 2.24) is 0 Å². The Balaban J connectivity index is 1.45. The summed E-state index contributed by atoms with van der Waals surface area (Å²) in [6, 6.07) is 52.1. The quantitative estimate of drug-likeness (QED) is 0.208. The predicted octanol–water partition coefficient (Wildman–Crippen LogP) is 7.50. The molecule has 0 atom stereocenters. The minimum absolute atomic E-state index is 0.251. The molecule has 0 radical (unpaired) electrons. The maximum absolute atomic E-state index is 2.55. The van der Waals surface area contributed by atoms with Gasteiger partial charge in [0.15, 0.2) is 0 Å². The smallest absolute Gasteiger partial charge is 0.0911 e. The Labute approximate surface area is 243 Å². The summed E-state index contributed by atoms with van der Waals surface area (Å²) in [5, 5.41) is 0. The summed E-state index contributed by atoms with van der Waals surface area (Å²) in [7, 11) is 0. The molecule has 0 fully saturated rings. The average molecular weight is 543 g/mol. The van der Waals surface area contributed by atoms with Crippen LogP contribution < -0.4 is 16.4 Å². The Hall–Kier alpha value is -3.92. The van der Waals surface area contributed by atoms with Crippen LogP contribution in [0.1, 0.15) is 22.3 Å². The van der Waals surface area contributed by atoms with Crippen LogP contribution in [0.5, 0.6) is 0 Å². The van der Waals surface area contributed by atoms with Crippen molar-refractivity contribution in [3.05, 3.63) is 162 Å². The number of rotatable bonds is 2. The Morgan fingerprint density at radius 3 is 1.70 bits per heavy atom. The van der Waals surface area contributed by atoms with Gasteiger partial charge in [-0.15, -0.1) is 0 Å². The summed E-state index contributed by atoms with van der Waals surface area (Å²) < 4.78 is 0. The summed E-state index contributed by atoms with van der Waals surface area (Å²) in [5.74, 6) is 0. The van der Waals surface area contributed by atoms with Gasteiger partial charge in [-0.25, -0.2) is 0 Å². The number of hydrogen-bond donors (Lipinski definition) is 0. The van der Waals surface area contributed by atoms with Crippen molar-refractivity contribution in [2.45, 2.75) is 25.0 Å². The highest BCUT2D eigenvalue weighted by atomic mass is 32.2. The monoisotopic (exact) mass is 542 g/mol. The van der Waals surface area contributed by atoms with Crippen LogP contribution in [0, 0.1) is 0 Å². The molecule has 0 unspecified atom stereocenters. The van der Waals surface area contributed by atoms with Crippen molar-refractivity contribution in [2.75, 3.05) is 0 Å². The van der Waals surface area contributed by atoms with Gasteiger partial charge in [-0.1, -0.05) is 156 Å². The van der Waals surface area contributed by atoms with Gasteiger partial charge in [0.25, 0.3) is 0 Å². The van der Waals surface area contributed by atoms with Crippen molar-refractivity contribution in [3.8, 4) is 11.1 Å². The molecule has 186 valence electrons. The fourth-order valence-corrected chi connectivity index (χ4v) is 9.93. The van der Waals surface area contributed by atoms with Gasteiger partial charge in [-0.3, -0.25) is 0 Å². The third-order valence-corrected chi connectivity index (χ3v) is 11.2. The molecule has 0 saturated carbocycles. The van der Waals surface area contributed by atoms with Gasteiger partial charge in [0.2, 0.25) is 6.71 Å². The van der Waals surface area contributed by atoms with Gasteiger partial charge in [0, 0.05) is 25.1 Å². The van der Waals surface area contributed by atoms with E-state index in [9.17, 15) is 0 Å². The van der Waals surface area contributed by atoms with Gasteiger partial charge >= 0.3 is 0 Å². The van der Waals surface area contributed by atoms with Gasteiger partial charge in [0.1, 0.15) is 0 Å². The first-order valence-electron chi connectivity index (χ1n) is 13.8. The maximum atomic E-state index is 2.55. The fourth-order valence-electron chi connectivity index (χ4n) is 7.35. The van der Waals surface area contributed by atoms with Crippen molar-refractivity contribution in [3.63, 3.8) is 0 Å². The zero-order chi connectivity index (χ0) is 26.3. The lowest BCUT2D eigenvalue weighted by Gasteiger charge is -2.37. The lowest BCUT2D eigenvalue weighted by molar-refractivity contribution is 0.765. The zero-order valence-electron chi connectivity index (χ0n) is 21.7. The molecule has 0 N–H and O–H groups in total. The molecule has 0 spiro atoms. The molecule has 9 rings (SSSR count). The van der Waals surface area contributed by atoms with E-state index in [-0.39, 0.29) is 12.1 Å². The highest BCUT2D eigenvalue weighted by Crippen LogP contribution is 2.59. The molecule has 1 aliphatic carbocycles. The van der Waals surface area contributed by atoms with E-state index < -0.39 is 0 Å². The maximum Gasteiger partial charge on any atom is 0.247 e. The minimum atomic E-state index is -0.384. The summed E-state index contributed by atoms with van der Waals surface area (Å²) in [6.45, 7) is 0.251. The number of hydrogen-bond acceptors (Lipinski definition) is 2. The topological polar surface area (TPSA) is 0 Å². The highest BCUT2D eigenvalue weighted by molar-refractivity contribution is 8.01. The minimum Gasteiger partial charge on any atom is -0.0911 e. The van der Waals surface area contributed by atoms with Crippen molar-refractivity contribution < 1.29 is 0 Å². The van der Waals surface area contributed by atoms with Gasteiger partial charge in [0.05, 0.1) is 5.41 Å². The standard InChI is InChI=1S/C37H23BS2/c1-3-13-24(14-4-1)37(25-15-5-2-6-16-25)27-18-8-7-17-26(27)34-28(37)23-33-35-36(34)40-32-22-12-10-20-30(32)38(35)29-19-9-11-21-31(29)39-33/h1-23H. The van der Waals surface area contributed by atoms with Crippen LogP contribution in [-0.2, 0) is 5.41 Å². The molecule has 6 aromatic carbocycles. The van der Waals surface area contributed by atoms with Crippen LogP contribution in [0.15, 0.2) is 159 Å². The van der Waals surface area contributed by atoms with Gasteiger partial charge < -0.3 is 0 Å². The fraction of sp³-hybridized carbons (Fsp3) is 0.0270. The van der Waals surface area contributed by atoms with E-state index in [0.717, 1.165) is 0 Å². The molecular weight excluding hydrogens is 519 g/mol. The highest BCUT2D eigenvalue weighted by Gasteiger charge is 2.50. The first kappa shape index (κ1) is 22.9. The van der Waals surface area contributed by atoms with Crippen LogP contribution >= 0.6 is 23.5 Å². The van der Waals surface area contributed by atoms with E-state index >= 15 is 0 Å². The second kappa shape index (κ2) is 8.54.